The summed E-state index contributed by atoms with van der Waals surface area (Å²) in [5.41, 5.74) is 6.08. The Morgan fingerprint density at radius 1 is 1.53 bits per heavy atom. The van der Waals surface area contributed by atoms with Crippen molar-refractivity contribution in [1.82, 2.24) is 4.98 Å². The quantitative estimate of drug-likeness (QED) is 0.757. The van der Waals surface area contributed by atoms with Gasteiger partial charge in [-0.05, 0) is 11.6 Å². The molecule has 1 aromatic carbocycles. The Labute approximate surface area is 99.6 Å². The molecule has 0 aliphatic rings. The van der Waals surface area contributed by atoms with Gasteiger partial charge in [0.1, 0.15) is 11.3 Å². The molecule has 0 spiro atoms. The number of hydrogen-bond donors (Lipinski definition) is 3. The molecule has 0 aliphatic heterocycles. The Bertz CT molecular complexity index is 616. The second-order valence-electron chi connectivity index (χ2n) is 3.38. The highest BCUT2D eigenvalue weighted by Gasteiger charge is 2.09. The monoisotopic (exact) mass is 254 g/mol. The fourth-order valence-electron chi connectivity index (χ4n) is 1.53. The van der Waals surface area contributed by atoms with Gasteiger partial charge >= 0.3 is 11.0 Å². The van der Waals surface area contributed by atoms with E-state index in [9.17, 15) is 14.7 Å². The summed E-state index contributed by atoms with van der Waals surface area (Å²) in [5.74, 6) is 0.0259. The number of rotatable bonds is 3. The van der Waals surface area contributed by atoms with Crippen LogP contribution >= 0.6 is 11.3 Å². The minimum atomic E-state index is -0.831. The maximum Gasteiger partial charge on any atom is 0.404 e. The third kappa shape index (κ3) is 2.39. The Morgan fingerprint density at radius 3 is 3.00 bits per heavy atom. The van der Waals surface area contributed by atoms with Crippen LogP contribution in [0, 0.1) is 0 Å². The number of thiazole rings is 1. The molecular formula is C10H10N2O4S. The number of benzene rings is 1. The van der Waals surface area contributed by atoms with Crippen molar-refractivity contribution in [3.05, 3.63) is 27.4 Å². The first kappa shape index (κ1) is 11.5. The standard InChI is InChI=1S/C10H10N2O4S/c11-9(14)16-4-3-5-1-2-6(13)7-8(5)17-10(15)12-7/h1-2,13H,3-4H2,(H2,11,14)(H,12,15). The number of H-pyrrole nitrogens is 1. The molecule has 6 nitrogen and oxygen atoms in total. The predicted octanol–water partition coefficient (Wildman–Crippen LogP) is 0.933. The molecule has 17 heavy (non-hydrogen) atoms. The minimum absolute atomic E-state index is 0.0259. The lowest BCUT2D eigenvalue weighted by Crippen LogP contribution is -2.14. The zero-order valence-electron chi connectivity index (χ0n) is 8.73. The van der Waals surface area contributed by atoms with Crippen molar-refractivity contribution in [3.63, 3.8) is 0 Å². The summed E-state index contributed by atoms with van der Waals surface area (Å²) >= 11 is 1.01. The van der Waals surface area contributed by atoms with Crippen molar-refractivity contribution in [1.29, 1.82) is 0 Å². The summed E-state index contributed by atoms with van der Waals surface area (Å²) in [7, 11) is 0. The molecule has 0 unspecified atom stereocenters. The fraction of sp³-hybridized carbons (Fsp3) is 0.200. The molecule has 4 N–H and O–H groups in total. The molecule has 0 saturated carbocycles. The van der Waals surface area contributed by atoms with Crippen molar-refractivity contribution in [2.24, 2.45) is 5.73 Å². The second-order valence-corrected chi connectivity index (χ2v) is 4.36. The van der Waals surface area contributed by atoms with E-state index in [1.54, 1.807) is 6.07 Å². The summed E-state index contributed by atoms with van der Waals surface area (Å²) in [6.45, 7) is 0.140. The number of aromatic amines is 1. The number of ether oxygens (including phenoxy) is 1. The maximum absolute atomic E-state index is 11.2. The summed E-state index contributed by atoms with van der Waals surface area (Å²) in [6.07, 6.45) is -0.393. The summed E-state index contributed by atoms with van der Waals surface area (Å²) in [4.78, 5) is 23.9. The smallest absolute Gasteiger partial charge is 0.404 e. The van der Waals surface area contributed by atoms with Gasteiger partial charge in [0, 0.05) is 6.42 Å². The number of amides is 1. The van der Waals surface area contributed by atoms with E-state index in [-0.39, 0.29) is 17.2 Å². The maximum atomic E-state index is 11.2. The molecule has 1 aromatic heterocycles. The SMILES string of the molecule is NC(=O)OCCc1ccc(O)c2[nH]c(=O)sc12. The fourth-order valence-corrected chi connectivity index (χ4v) is 2.43. The van der Waals surface area contributed by atoms with Gasteiger partial charge in [-0.25, -0.2) is 4.79 Å². The molecule has 1 heterocycles. The molecule has 0 bridgehead atoms. The summed E-state index contributed by atoms with van der Waals surface area (Å²) < 4.78 is 5.29. The first-order chi connectivity index (χ1) is 8.08. The topological polar surface area (TPSA) is 105 Å². The molecule has 0 aliphatic carbocycles. The van der Waals surface area contributed by atoms with Gasteiger partial charge in [-0.1, -0.05) is 17.4 Å². The van der Waals surface area contributed by atoms with E-state index in [1.807, 2.05) is 0 Å². The number of aromatic nitrogens is 1. The number of phenolic OH excluding ortho intramolecular Hbond substituents is 1. The van der Waals surface area contributed by atoms with E-state index in [2.05, 4.69) is 9.72 Å². The molecule has 0 fully saturated rings. The molecular weight excluding hydrogens is 244 g/mol. The number of fused-ring (bicyclic) bond motifs is 1. The van der Waals surface area contributed by atoms with Crippen LogP contribution in [-0.2, 0) is 11.2 Å². The normalized spacial score (nSPS) is 10.6. The molecule has 0 atom stereocenters. The van der Waals surface area contributed by atoms with Gasteiger partial charge in [-0.3, -0.25) is 4.79 Å². The van der Waals surface area contributed by atoms with E-state index in [0.717, 1.165) is 16.9 Å². The van der Waals surface area contributed by atoms with Gasteiger partial charge < -0.3 is 20.6 Å². The largest absolute Gasteiger partial charge is 0.506 e. The van der Waals surface area contributed by atoms with Crippen molar-refractivity contribution in [2.75, 3.05) is 6.61 Å². The second kappa shape index (κ2) is 4.46. The average molecular weight is 254 g/mol. The van der Waals surface area contributed by atoms with Gasteiger partial charge in [0.15, 0.2) is 0 Å². The highest BCUT2D eigenvalue weighted by atomic mass is 32.1. The van der Waals surface area contributed by atoms with Gasteiger partial charge in [0.2, 0.25) is 0 Å². The highest BCUT2D eigenvalue weighted by molar-refractivity contribution is 7.16. The minimum Gasteiger partial charge on any atom is -0.506 e. The zero-order valence-corrected chi connectivity index (χ0v) is 9.54. The molecule has 1 amide bonds. The number of nitrogens with two attached hydrogens (primary N) is 1. The summed E-state index contributed by atoms with van der Waals surface area (Å²) in [5, 5.41) is 9.55. The lowest BCUT2D eigenvalue weighted by atomic mass is 10.1. The number of primary amides is 1. The van der Waals surface area contributed by atoms with Crippen LogP contribution in [0.4, 0.5) is 4.79 Å². The lowest BCUT2D eigenvalue weighted by molar-refractivity contribution is 0.158. The average Bonchev–Trinajstić information content (AvgIpc) is 2.64. The number of carbonyl (C=O) groups is 1. The lowest BCUT2D eigenvalue weighted by Gasteiger charge is -2.04. The highest BCUT2D eigenvalue weighted by Crippen LogP contribution is 2.27. The molecule has 7 heteroatoms. The van der Waals surface area contributed by atoms with Crippen LogP contribution in [0.15, 0.2) is 16.9 Å². The van der Waals surface area contributed by atoms with E-state index in [1.165, 1.54) is 6.07 Å². The number of phenols is 1. The molecule has 90 valence electrons. The first-order valence-electron chi connectivity index (χ1n) is 4.84. The first-order valence-corrected chi connectivity index (χ1v) is 5.65. The van der Waals surface area contributed by atoms with Crippen molar-refractivity contribution < 1.29 is 14.6 Å². The molecule has 0 radical (unpaired) electrons. The molecule has 0 saturated heterocycles. The van der Waals surface area contributed by atoms with Gasteiger partial charge in [-0.15, -0.1) is 0 Å². The van der Waals surface area contributed by atoms with Crippen LogP contribution < -0.4 is 10.6 Å². The third-order valence-corrected chi connectivity index (χ3v) is 3.21. The van der Waals surface area contributed by atoms with Gasteiger partial charge in [0.25, 0.3) is 0 Å². The van der Waals surface area contributed by atoms with Crippen LogP contribution in [-0.4, -0.2) is 22.8 Å². The van der Waals surface area contributed by atoms with Crippen LogP contribution in [0.2, 0.25) is 0 Å². The Hall–Kier alpha value is -2.02. The van der Waals surface area contributed by atoms with Crippen LogP contribution in [0.1, 0.15) is 5.56 Å². The number of nitrogens with one attached hydrogen (secondary N) is 1. The van der Waals surface area contributed by atoms with Crippen molar-refractivity contribution in [3.8, 4) is 5.75 Å². The van der Waals surface area contributed by atoms with Crippen molar-refractivity contribution >= 4 is 27.6 Å². The Balaban J connectivity index is 2.31. The van der Waals surface area contributed by atoms with E-state index < -0.39 is 6.09 Å². The van der Waals surface area contributed by atoms with Crippen LogP contribution in [0.25, 0.3) is 10.2 Å². The van der Waals surface area contributed by atoms with Gasteiger partial charge in [0.05, 0.1) is 11.3 Å². The van der Waals surface area contributed by atoms with E-state index >= 15 is 0 Å². The third-order valence-electron chi connectivity index (χ3n) is 2.25. The number of aromatic hydroxyl groups is 1. The predicted molar refractivity (Wildman–Crippen MR) is 63.3 cm³/mol. The van der Waals surface area contributed by atoms with E-state index in [0.29, 0.717) is 16.6 Å². The zero-order chi connectivity index (χ0) is 12.4. The van der Waals surface area contributed by atoms with Crippen LogP contribution in [0.5, 0.6) is 5.75 Å². The van der Waals surface area contributed by atoms with Crippen LogP contribution in [0.3, 0.4) is 0 Å². The molecule has 2 rings (SSSR count). The number of hydrogen-bond acceptors (Lipinski definition) is 5. The van der Waals surface area contributed by atoms with E-state index in [4.69, 9.17) is 5.73 Å². The Kier molecular flexibility index (Phi) is 3.01. The number of carbonyl (C=O) groups excluding carboxylic acids is 1. The summed E-state index contributed by atoms with van der Waals surface area (Å²) in [6, 6.07) is 3.18. The van der Waals surface area contributed by atoms with Crippen molar-refractivity contribution in [2.45, 2.75) is 6.42 Å². The molecule has 2 aromatic rings. The van der Waals surface area contributed by atoms with Gasteiger partial charge in [-0.2, -0.15) is 0 Å². The Morgan fingerprint density at radius 2 is 2.29 bits per heavy atom.